The van der Waals surface area contributed by atoms with Gasteiger partial charge in [-0.05, 0) is 0 Å². The van der Waals surface area contributed by atoms with E-state index in [1.54, 1.807) is 7.11 Å². The molecule has 1 N–H and O–H groups in total. The van der Waals surface area contributed by atoms with Gasteiger partial charge < -0.3 is 14.7 Å². The first-order valence-electron chi connectivity index (χ1n) is 6.14. The van der Waals surface area contributed by atoms with Crippen molar-refractivity contribution in [1.29, 1.82) is 0 Å². The molecule has 1 aliphatic rings. The molecule has 0 saturated carbocycles. The van der Waals surface area contributed by atoms with E-state index in [1.807, 2.05) is 0 Å². The summed E-state index contributed by atoms with van der Waals surface area (Å²) < 4.78 is 28.0. The molecule has 0 aromatic heterocycles. The summed E-state index contributed by atoms with van der Waals surface area (Å²) >= 11 is 1.39. The number of hydrogen-bond donors (Lipinski definition) is 1. The van der Waals surface area contributed by atoms with Gasteiger partial charge in [0, 0.05) is 19.4 Å². The molecule has 1 atom stereocenters. The molecule has 0 radical (unpaired) electrons. The summed E-state index contributed by atoms with van der Waals surface area (Å²) in [7, 11) is -1.69. The Morgan fingerprint density at radius 3 is 2.75 bits per heavy atom. The highest BCUT2D eigenvalue weighted by Crippen LogP contribution is 2.17. The molecule has 0 aliphatic carbocycles. The van der Waals surface area contributed by atoms with Crippen molar-refractivity contribution in [2.45, 2.75) is 12.5 Å². The zero-order valence-electron chi connectivity index (χ0n) is 11.3. The summed E-state index contributed by atoms with van der Waals surface area (Å²) in [5.41, 5.74) is 0. The standard InChI is InChI=1S/C11H19NO6S2/c1-18-3-4-19-7-10(13)12-2-5-20(16,17)8-9(12)6-11(14)15/h9H,2-8H2,1H3,(H,14,15). The first kappa shape index (κ1) is 17.3. The van der Waals surface area contributed by atoms with E-state index in [0.29, 0.717) is 12.4 Å². The van der Waals surface area contributed by atoms with Gasteiger partial charge in [-0.3, -0.25) is 9.59 Å². The van der Waals surface area contributed by atoms with Gasteiger partial charge in [-0.2, -0.15) is 0 Å². The fourth-order valence-corrected chi connectivity index (χ4v) is 4.26. The Morgan fingerprint density at radius 1 is 1.45 bits per heavy atom. The van der Waals surface area contributed by atoms with E-state index in [0.717, 1.165) is 0 Å². The smallest absolute Gasteiger partial charge is 0.305 e. The Hall–Kier alpha value is -0.800. The lowest BCUT2D eigenvalue weighted by molar-refractivity contribution is -0.139. The van der Waals surface area contributed by atoms with Crippen molar-refractivity contribution in [3.05, 3.63) is 0 Å². The number of aliphatic carboxylic acids is 1. The maximum Gasteiger partial charge on any atom is 0.305 e. The van der Waals surface area contributed by atoms with Crippen molar-refractivity contribution < 1.29 is 27.9 Å². The van der Waals surface area contributed by atoms with Gasteiger partial charge in [-0.1, -0.05) is 0 Å². The molecule has 1 saturated heterocycles. The third-order valence-corrected chi connectivity index (χ3v) is 5.52. The average molecular weight is 325 g/mol. The van der Waals surface area contributed by atoms with E-state index in [4.69, 9.17) is 9.84 Å². The van der Waals surface area contributed by atoms with Crippen LogP contribution in [0.5, 0.6) is 0 Å². The molecule has 0 bridgehead atoms. The van der Waals surface area contributed by atoms with Crippen LogP contribution in [0.4, 0.5) is 0 Å². The number of rotatable bonds is 7. The summed E-state index contributed by atoms with van der Waals surface area (Å²) in [4.78, 5) is 24.2. The Labute approximate surface area is 122 Å². The van der Waals surface area contributed by atoms with Gasteiger partial charge in [0.15, 0.2) is 9.84 Å². The maximum absolute atomic E-state index is 12.0. The highest BCUT2D eigenvalue weighted by atomic mass is 32.2. The van der Waals surface area contributed by atoms with Crippen molar-refractivity contribution in [3.63, 3.8) is 0 Å². The molecule has 1 amide bonds. The van der Waals surface area contributed by atoms with Gasteiger partial charge in [0.25, 0.3) is 0 Å². The summed E-state index contributed by atoms with van der Waals surface area (Å²) in [6, 6.07) is -0.762. The van der Waals surface area contributed by atoms with Gasteiger partial charge in [0.1, 0.15) is 0 Å². The minimum atomic E-state index is -3.26. The average Bonchev–Trinajstić information content (AvgIpc) is 2.32. The fourth-order valence-electron chi connectivity index (χ4n) is 1.97. The van der Waals surface area contributed by atoms with Crippen LogP contribution in [-0.4, -0.2) is 79.6 Å². The quantitative estimate of drug-likeness (QED) is 0.628. The molecule has 1 unspecified atom stereocenters. The van der Waals surface area contributed by atoms with Crippen molar-refractivity contribution in [2.24, 2.45) is 0 Å². The predicted octanol–water partition coefficient (Wildman–Crippen LogP) is -0.534. The van der Waals surface area contributed by atoms with Crippen molar-refractivity contribution in [3.8, 4) is 0 Å². The SMILES string of the molecule is COCCSCC(=O)N1CCS(=O)(=O)CC1CC(=O)O. The van der Waals surface area contributed by atoms with Gasteiger partial charge in [0.05, 0.1) is 36.3 Å². The number of carbonyl (C=O) groups excluding carboxylic acids is 1. The predicted molar refractivity (Wildman–Crippen MR) is 75.6 cm³/mol. The minimum absolute atomic E-state index is 0.0734. The van der Waals surface area contributed by atoms with Crippen LogP contribution >= 0.6 is 11.8 Å². The number of ether oxygens (including phenoxy) is 1. The second-order valence-electron chi connectivity index (χ2n) is 4.50. The number of carbonyl (C=O) groups is 2. The van der Waals surface area contributed by atoms with Crippen LogP contribution in [-0.2, 0) is 24.2 Å². The Balaban J connectivity index is 2.60. The first-order chi connectivity index (χ1) is 9.35. The number of carboxylic acid groups (broad SMARTS) is 1. The van der Waals surface area contributed by atoms with Gasteiger partial charge in [-0.25, -0.2) is 8.42 Å². The number of methoxy groups -OCH3 is 1. The molecule has 0 aromatic rings. The van der Waals surface area contributed by atoms with E-state index >= 15 is 0 Å². The van der Waals surface area contributed by atoms with E-state index in [2.05, 4.69) is 0 Å². The molecule has 116 valence electrons. The van der Waals surface area contributed by atoms with Crippen LogP contribution in [0.1, 0.15) is 6.42 Å². The van der Waals surface area contributed by atoms with Gasteiger partial charge in [-0.15, -0.1) is 11.8 Å². The van der Waals surface area contributed by atoms with E-state index in [-0.39, 0.29) is 36.1 Å². The molecule has 9 heteroatoms. The lowest BCUT2D eigenvalue weighted by Gasteiger charge is -2.34. The Bertz CT molecular complexity index is 450. The summed E-state index contributed by atoms with van der Waals surface area (Å²) in [6.45, 7) is 0.606. The highest BCUT2D eigenvalue weighted by Gasteiger charge is 2.35. The first-order valence-corrected chi connectivity index (χ1v) is 9.11. The molecule has 1 rings (SSSR count). The molecular weight excluding hydrogens is 306 g/mol. The maximum atomic E-state index is 12.0. The third-order valence-electron chi connectivity index (χ3n) is 2.92. The zero-order valence-corrected chi connectivity index (χ0v) is 12.9. The molecule has 0 spiro atoms. The third kappa shape index (κ3) is 5.68. The van der Waals surface area contributed by atoms with Gasteiger partial charge >= 0.3 is 5.97 Å². The second-order valence-corrected chi connectivity index (χ2v) is 7.83. The number of amides is 1. The fraction of sp³-hybridized carbons (Fsp3) is 0.818. The van der Waals surface area contributed by atoms with Crippen LogP contribution in [0.2, 0.25) is 0 Å². The molecule has 0 aromatic carbocycles. The van der Waals surface area contributed by atoms with Crippen molar-refractivity contribution in [2.75, 3.05) is 43.3 Å². The van der Waals surface area contributed by atoms with Crippen LogP contribution in [0.25, 0.3) is 0 Å². The van der Waals surface area contributed by atoms with Crippen LogP contribution < -0.4 is 0 Å². The number of hydrogen-bond acceptors (Lipinski definition) is 6. The topological polar surface area (TPSA) is 101 Å². The van der Waals surface area contributed by atoms with Crippen molar-refractivity contribution >= 4 is 33.5 Å². The molecule has 1 heterocycles. The van der Waals surface area contributed by atoms with E-state index in [1.165, 1.54) is 16.7 Å². The molecule has 1 aliphatic heterocycles. The summed E-state index contributed by atoms with van der Waals surface area (Å²) in [5.74, 6) is -0.813. The largest absolute Gasteiger partial charge is 0.481 e. The lowest BCUT2D eigenvalue weighted by atomic mass is 10.2. The molecule has 7 nitrogen and oxygen atoms in total. The summed E-state index contributed by atoms with van der Waals surface area (Å²) in [6.07, 6.45) is -0.340. The highest BCUT2D eigenvalue weighted by molar-refractivity contribution is 7.99. The van der Waals surface area contributed by atoms with Gasteiger partial charge in [0.2, 0.25) is 5.91 Å². The number of carboxylic acids is 1. The summed E-state index contributed by atoms with van der Waals surface area (Å²) in [5, 5.41) is 8.83. The van der Waals surface area contributed by atoms with E-state index in [9.17, 15) is 18.0 Å². The monoisotopic (exact) mass is 325 g/mol. The zero-order chi connectivity index (χ0) is 15.2. The molecule has 20 heavy (non-hydrogen) atoms. The normalized spacial score (nSPS) is 21.6. The Morgan fingerprint density at radius 2 is 2.15 bits per heavy atom. The van der Waals surface area contributed by atoms with Crippen molar-refractivity contribution in [1.82, 2.24) is 4.90 Å². The minimum Gasteiger partial charge on any atom is -0.481 e. The Kier molecular flexibility index (Phi) is 6.77. The number of sulfone groups is 1. The lowest BCUT2D eigenvalue weighted by Crippen LogP contribution is -2.52. The molecular formula is C11H19NO6S2. The number of nitrogens with zero attached hydrogens (tertiary/aromatic N) is 1. The van der Waals surface area contributed by atoms with Crippen LogP contribution in [0, 0.1) is 0 Å². The van der Waals surface area contributed by atoms with Crippen LogP contribution in [0.3, 0.4) is 0 Å². The van der Waals surface area contributed by atoms with E-state index < -0.39 is 21.8 Å². The molecule has 1 fully saturated rings. The number of thioether (sulfide) groups is 1. The second kappa shape index (κ2) is 7.84. The van der Waals surface area contributed by atoms with Crippen LogP contribution in [0.15, 0.2) is 0 Å².